The molecule has 38 heavy (non-hydrogen) atoms. The van der Waals surface area contributed by atoms with Crippen molar-refractivity contribution < 1.29 is 34.0 Å². The molecule has 4 heteroatoms. The van der Waals surface area contributed by atoms with Crippen molar-refractivity contribution in [1.82, 2.24) is 4.57 Å². The fourth-order valence-corrected chi connectivity index (χ4v) is 4.27. The van der Waals surface area contributed by atoms with E-state index >= 15 is 0 Å². The highest BCUT2D eigenvalue weighted by Gasteiger charge is 2.51. The van der Waals surface area contributed by atoms with Gasteiger partial charge in [-0.3, -0.25) is 0 Å². The Balaban J connectivity index is 1.62. The van der Waals surface area contributed by atoms with Crippen LogP contribution in [0.15, 0.2) is 109 Å². The average Bonchev–Trinajstić information content (AvgIpc) is 3.59. The van der Waals surface area contributed by atoms with Gasteiger partial charge in [0.25, 0.3) is 0 Å². The molecule has 0 radical (unpaired) electrons. The molecule has 1 saturated heterocycles. The maximum atomic E-state index is 9.28. The maximum absolute atomic E-state index is 9.28. The lowest BCUT2D eigenvalue weighted by Crippen LogP contribution is -2.41. The highest BCUT2D eigenvalue weighted by atomic mass is 16.7. The summed E-state index contributed by atoms with van der Waals surface area (Å²) in [7, 11) is -1.32. The lowest BCUT2D eigenvalue weighted by Gasteiger charge is -2.32. The molecule has 0 unspecified atom stereocenters. The van der Waals surface area contributed by atoms with Crippen molar-refractivity contribution >= 4 is 45.2 Å². The van der Waals surface area contributed by atoms with Gasteiger partial charge in [-0.25, -0.2) is 0 Å². The summed E-state index contributed by atoms with van der Waals surface area (Å²) in [5, 5.41) is -1.61. The Morgan fingerprint density at radius 3 is 1.82 bits per heavy atom. The molecule has 2 heterocycles. The van der Waals surface area contributed by atoms with Crippen LogP contribution in [0, 0.1) is 0 Å². The molecule has 3 nitrogen and oxygen atoms in total. The Morgan fingerprint density at radius 2 is 1.16 bits per heavy atom. The second kappa shape index (κ2) is 8.32. The van der Waals surface area contributed by atoms with Gasteiger partial charge in [0.1, 0.15) is 0 Å². The van der Waals surface area contributed by atoms with Crippen molar-refractivity contribution in [3.63, 3.8) is 0 Å². The molecule has 0 atom stereocenters. The molecule has 7 rings (SSSR count). The van der Waals surface area contributed by atoms with Gasteiger partial charge in [-0.15, -0.1) is 0 Å². The normalized spacial score (nSPS) is 23.2. The number of rotatable bonds is 3. The van der Waals surface area contributed by atoms with Crippen LogP contribution in [0.3, 0.4) is 0 Å². The summed E-state index contributed by atoms with van der Waals surface area (Å²) in [5.74, 6) is 0. The van der Waals surface area contributed by atoms with Crippen LogP contribution in [0.4, 0.5) is 0 Å². The van der Waals surface area contributed by atoms with E-state index in [4.69, 9.17) is 28.5 Å². The number of hydrogen-bond donors (Lipinski definition) is 0. The largest absolute Gasteiger partial charge is 0.494 e. The second-order valence-electron chi connectivity index (χ2n) is 9.88. The molecule has 0 bridgehead atoms. The lowest BCUT2D eigenvalue weighted by molar-refractivity contribution is 0.00578. The first kappa shape index (κ1) is 11.1. The van der Waals surface area contributed by atoms with E-state index < -0.39 is 166 Å². The first-order chi connectivity index (χ1) is 25.8. The Morgan fingerprint density at radius 1 is 0.605 bits per heavy atom. The van der Waals surface area contributed by atoms with Crippen LogP contribution in [0.25, 0.3) is 49.4 Å². The van der Waals surface area contributed by atoms with Crippen LogP contribution in [-0.4, -0.2) is 22.9 Å². The first-order valence-electron chi connectivity index (χ1n) is 20.8. The minimum atomic E-state index is -1.32. The first-order valence-corrected chi connectivity index (χ1v) is 11.8. The van der Waals surface area contributed by atoms with Crippen molar-refractivity contribution in [3.8, 4) is 16.8 Å². The topological polar surface area (TPSA) is 23.4 Å². The molecule has 1 fully saturated rings. The zero-order valence-electron chi connectivity index (χ0n) is 38.8. The smallest absolute Gasteiger partial charge is 0.399 e. The van der Waals surface area contributed by atoms with Gasteiger partial charge >= 0.3 is 7.12 Å². The number of aromatic nitrogens is 1. The Labute approximate surface area is 249 Å². The molecular formula is C34H30BNO2. The van der Waals surface area contributed by atoms with E-state index in [9.17, 15) is 5.48 Å². The van der Waals surface area contributed by atoms with E-state index in [1.807, 2.05) is 0 Å². The summed E-state index contributed by atoms with van der Waals surface area (Å²) in [5.41, 5.74) is -4.86. The van der Waals surface area contributed by atoms with Crippen LogP contribution >= 0.6 is 0 Å². The Bertz CT molecular complexity index is 2740. The molecular weight excluding hydrogens is 465 g/mol. The van der Waals surface area contributed by atoms with Crippen LogP contribution in [0.2, 0.25) is 0 Å². The second-order valence-corrected chi connectivity index (χ2v) is 9.88. The summed E-state index contributed by atoms with van der Waals surface area (Å²) >= 11 is 0. The van der Waals surface area contributed by atoms with Crippen LogP contribution in [0.1, 0.15) is 52.4 Å². The molecule has 0 amide bonds. The van der Waals surface area contributed by atoms with E-state index in [0.29, 0.717) is 0 Å². The summed E-state index contributed by atoms with van der Waals surface area (Å²) in [6.07, 6.45) is 0. The number of benzene rings is 5. The van der Waals surface area contributed by atoms with E-state index in [2.05, 4.69) is 0 Å². The van der Waals surface area contributed by atoms with Crippen molar-refractivity contribution in [2.24, 2.45) is 0 Å². The molecule has 6 aromatic rings. The van der Waals surface area contributed by atoms with Gasteiger partial charge in [0.05, 0.1) is 46.9 Å². The predicted molar refractivity (Wildman–Crippen MR) is 159 cm³/mol. The minimum absolute atomic E-state index is 0.243. The van der Waals surface area contributed by atoms with Crippen molar-refractivity contribution in [1.29, 1.82) is 0 Å². The van der Waals surface area contributed by atoms with E-state index in [1.165, 1.54) is 0 Å². The maximum Gasteiger partial charge on any atom is 0.494 e. The lowest BCUT2D eigenvalue weighted by atomic mass is 9.78. The molecule has 1 aliphatic rings. The fraction of sp³-hybridized carbons (Fsp3) is 0.176. The van der Waals surface area contributed by atoms with Gasteiger partial charge in [-0.2, -0.15) is 0 Å². The highest BCUT2D eigenvalue weighted by molar-refractivity contribution is 6.62. The van der Waals surface area contributed by atoms with E-state index in [0.717, 1.165) is 4.57 Å². The van der Waals surface area contributed by atoms with Crippen molar-refractivity contribution in [2.75, 3.05) is 0 Å². The zero-order chi connectivity index (χ0) is 41.7. The van der Waals surface area contributed by atoms with Gasteiger partial charge in [0.2, 0.25) is 0 Å². The van der Waals surface area contributed by atoms with E-state index in [1.54, 1.807) is 27.7 Å². The third kappa shape index (κ3) is 3.59. The Hall–Kier alpha value is -3.86. The third-order valence-electron chi connectivity index (χ3n) is 7.00. The summed E-state index contributed by atoms with van der Waals surface area (Å²) in [4.78, 5) is 0. The van der Waals surface area contributed by atoms with Crippen LogP contribution in [0.5, 0.6) is 0 Å². The quantitative estimate of drug-likeness (QED) is 0.225. The van der Waals surface area contributed by atoms with Crippen molar-refractivity contribution in [2.45, 2.75) is 38.9 Å². The Kier molecular flexibility index (Phi) is 2.43. The molecule has 0 N–H and O–H groups in total. The molecule has 1 aliphatic heterocycles. The van der Waals surface area contributed by atoms with E-state index in [-0.39, 0.29) is 16.2 Å². The predicted octanol–water partition coefficient (Wildman–Crippen LogP) is 7.90. The van der Waals surface area contributed by atoms with Crippen molar-refractivity contribution in [3.05, 3.63) is 109 Å². The summed E-state index contributed by atoms with van der Waals surface area (Å²) in [6, 6.07) is -13.3. The number of fused-ring (bicyclic) bond motifs is 4. The van der Waals surface area contributed by atoms with Gasteiger partial charge in [-0.1, -0.05) is 78.6 Å². The molecule has 186 valence electrons. The molecule has 0 spiro atoms. The van der Waals surface area contributed by atoms with Crippen LogP contribution in [-0.2, 0) is 9.31 Å². The average molecular weight is 514 g/mol. The van der Waals surface area contributed by atoms with Crippen LogP contribution < -0.4 is 5.46 Å². The summed E-state index contributed by atoms with van der Waals surface area (Å²) < 4.78 is 172. The number of hydrogen-bond acceptors (Lipinski definition) is 2. The molecule has 1 aromatic heterocycles. The van der Waals surface area contributed by atoms with Gasteiger partial charge in [-0.05, 0) is 85.3 Å². The fourth-order valence-electron chi connectivity index (χ4n) is 4.27. The zero-order valence-corrected chi connectivity index (χ0v) is 20.8. The van der Waals surface area contributed by atoms with Gasteiger partial charge < -0.3 is 13.9 Å². The summed E-state index contributed by atoms with van der Waals surface area (Å²) in [6.45, 7) is 6.95. The third-order valence-corrected chi connectivity index (χ3v) is 7.00. The minimum Gasteiger partial charge on any atom is -0.399 e. The van der Waals surface area contributed by atoms with Gasteiger partial charge in [0.15, 0.2) is 0 Å². The highest BCUT2D eigenvalue weighted by Crippen LogP contribution is 2.37. The van der Waals surface area contributed by atoms with Gasteiger partial charge in [0, 0.05) is 16.5 Å². The standard InChI is InChI=1S/C34H30BNO2/c1-33(2)34(3,4)38-35(37-33)27-17-13-23(14-18-27)24-15-19-28(20-16-24)36-31-12-8-7-11-29(31)30-21-25-9-5-6-10-26(25)22-32(30)36/h5-22H,1-4H3/i5D,6D,7D,8D,9D,10D,11D,12D,13D,14D,15D,16D,17D,18D,19D,20D,21D,22D. The molecule has 0 saturated carbocycles. The number of nitrogens with zero attached hydrogens (tertiary/aromatic N) is 1. The molecule has 0 aliphatic carbocycles. The monoisotopic (exact) mass is 513 g/mol. The number of para-hydroxylation sites is 1. The molecule has 5 aromatic carbocycles. The SMILES string of the molecule is [2H]c1c([2H])c(-c2c([2H])c([2H])c(-n3c4c([2H])c([2H])c([2H])c([2H])c4c4c([2H])c5c([2H])c([2H])c([2H])c([2H])c5c([2H])c43)c([2H])c2[2H])c([2H])c([2H])c1B1OC(C)(C)C(C)(C)O1.